The third-order valence-electron chi connectivity index (χ3n) is 5.51. The molecule has 0 aromatic rings. The summed E-state index contributed by atoms with van der Waals surface area (Å²) in [4.78, 5) is 28.1. The lowest BCUT2D eigenvalue weighted by Crippen LogP contribution is -2.51. The van der Waals surface area contributed by atoms with Crippen molar-refractivity contribution in [3.8, 4) is 0 Å². The van der Waals surface area contributed by atoms with Gasteiger partial charge in [0.25, 0.3) is 0 Å². The lowest BCUT2D eigenvalue weighted by Gasteiger charge is -2.40. The molecule has 3 rings (SSSR count). The summed E-state index contributed by atoms with van der Waals surface area (Å²) < 4.78 is 0. The predicted octanol–water partition coefficient (Wildman–Crippen LogP) is 2.56. The highest BCUT2D eigenvalue weighted by molar-refractivity contribution is 5.77. The molecule has 5 nitrogen and oxygen atoms in total. The van der Waals surface area contributed by atoms with Gasteiger partial charge in [0.1, 0.15) is 0 Å². The molecular formula is C16H26N2O3. The SMILES string of the molecule is CCC1(C(=O)O)CCN(C(=O)N(CC2CC2)C2CC2)CC1. The number of hydrogen-bond acceptors (Lipinski definition) is 2. The molecule has 2 saturated carbocycles. The van der Waals surface area contributed by atoms with Crippen LogP contribution in [-0.4, -0.2) is 52.6 Å². The Morgan fingerprint density at radius 2 is 1.81 bits per heavy atom. The van der Waals surface area contributed by atoms with E-state index in [2.05, 4.69) is 4.90 Å². The van der Waals surface area contributed by atoms with Crippen LogP contribution in [0.1, 0.15) is 51.9 Å². The van der Waals surface area contributed by atoms with Gasteiger partial charge >= 0.3 is 12.0 Å². The Morgan fingerprint density at radius 1 is 1.19 bits per heavy atom. The van der Waals surface area contributed by atoms with Crippen LogP contribution in [0.15, 0.2) is 0 Å². The van der Waals surface area contributed by atoms with Gasteiger partial charge < -0.3 is 14.9 Å². The summed E-state index contributed by atoms with van der Waals surface area (Å²) >= 11 is 0. The van der Waals surface area contributed by atoms with Gasteiger partial charge in [0.05, 0.1) is 5.41 Å². The van der Waals surface area contributed by atoms with E-state index in [9.17, 15) is 14.7 Å². The van der Waals surface area contributed by atoms with E-state index in [1.54, 1.807) is 0 Å². The highest BCUT2D eigenvalue weighted by Crippen LogP contribution is 2.38. The molecule has 0 radical (unpaired) electrons. The number of carbonyl (C=O) groups is 2. The largest absolute Gasteiger partial charge is 0.481 e. The number of aliphatic carboxylic acids is 1. The molecule has 5 heteroatoms. The second-order valence-corrected chi connectivity index (χ2v) is 7.04. The van der Waals surface area contributed by atoms with Crippen molar-refractivity contribution in [2.24, 2.45) is 11.3 Å². The van der Waals surface area contributed by atoms with E-state index < -0.39 is 11.4 Å². The number of urea groups is 1. The Kier molecular flexibility index (Phi) is 3.84. The fourth-order valence-electron chi connectivity index (χ4n) is 3.37. The van der Waals surface area contributed by atoms with Gasteiger partial charge in [-0.3, -0.25) is 4.79 Å². The lowest BCUT2D eigenvalue weighted by molar-refractivity contribution is -0.152. The average molecular weight is 294 g/mol. The van der Waals surface area contributed by atoms with Gasteiger partial charge in [-0.2, -0.15) is 0 Å². The molecule has 0 aromatic heterocycles. The van der Waals surface area contributed by atoms with E-state index >= 15 is 0 Å². The standard InChI is InChI=1S/C16H26N2O3/c1-2-16(14(19)20)7-9-17(10-8-16)15(21)18(13-5-6-13)11-12-3-4-12/h12-13H,2-11H2,1H3,(H,19,20). The minimum Gasteiger partial charge on any atom is -0.481 e. The van der Waals surface area contributed by atoms with Gasteiger partial charge in [-0.1, -0.05) is 6.92 Å². The lowest BCUT2D eigenvalue weighted by atomic mass is 9.76. The number of carboxylic acid groups (broad SMARTS) is 1. The van der Waals surface area contributed by atoms with Crippen LogP contribution in [0, 0.1) is 11.3 Å². The van der Waals surface area contributed by atoms with Crippen LogP contribution < -0.4 is 0 Å². The van der Waals surface area contributed by atoms with E-state index in [0.717, 1.165) is 19.4 Å². The maximum Gasteiger partial charge on any atom is 0.320 e. The van der Waals surface area contributed by atoms with Crippen LogP contribution in [-0.2, 0) is 4.79 Å². The number of nitrogens with zero attached hydrogens (tertiary/aromatic N) is 2. The second-order valence-electron chi connectivity index (χ2n) is 7.04. The quantitative estimate of drug-likeness (QED) is 0.847. The van der Waals surface area contributed by atoms with E-state index in [-0.39, 0.29) is 6.03 Å². The van der Waals surface area contributed by atoms with Gasteiger partial charge in [-0.15, -0.1) is 0 Å². The Balaban J connectivity index is 1.59. The van der Waals surface area contributed by atoms with E-state index in [1.165, 1.54) is 12.8 Å². The van der Waals surface area contributed by atoms with Crippen molar-refractivity contribution >= 4 is 12.0 Å². The fourth-order valence-corrected chi connectivity index (χ4v) is 3.37. The zero-order valence-electron chi connectivity index (χ0n) is 12.9. The molecule has 2 aliphatic carbocycles. The predicted molar refractivity (Wildman–Crippen MR) is 79.0 cm³/mol. The van der Waals surface area contributed by atoms with Crippen LogP contribution in [0.5, 0.6) is 0 Å². The molecule has 0 atom stereocenters. The Bertz CT molecular complexity index is 421. The summed E-state index contributed by atoms with van der Waals surface area (Å²) in [5.74, 6) is 0.0159. The monoisotopic (exact) mass is 294 g/mol. The number of carboxylic acids is 1. The molecule has 3 fully saturated rings. The first kappa shape index (κ1) is 14.7. The fraction of sp³-hybridized carbons (Fsp3) is 0.875. The van der Waals surface area contributed by atoms with Crippen molar-refractivity contribution < 1.29 is 14.7 Å². The van der Waals surface area contributed by atoms with Crippen LogP contribution in [0.4, 0.5) is 4.79 Å². The van der Waals surface area contributed by atoms with Crippen LogP contribution in [0.25, 0.3) is 0 Å². The molecule has 1 saturated heterocycles. The number of likely N-dealkylation sites (tertiary alicyclic amines) is 1. The molecule has 1 heterocycles. The van der Waals surface area contributed by atoms with Crippen molar-refractivity contribution in [1.82, 2.24) is 9.80 Å². The van der Waals surface area contributed by atoms with Crippen molar-refractivity contribution in [2.75, 3.05) is 19.6 Å². The molecule has 0 spiro atoms. The Morgan fingerprint density at radius 3 is 2.24 bits per heavy atom. The van der Waals surface area contributed by atoms with E-state index in [1.807, 2.05) is 11.8 Å². The number of carbonyl (C=O) groups excluding carboxylic acids is 1. The second kappa shape index (κ2) is 5.50. The van der Waals surface area contributed by atoms with Crippen molar-refractivity contribution in [1.29, 1.82) is 0 Å². The van der Waals surface area contributed by atoms with Gasteiger partial charge in [0.2, 0.25) is 0 Å². The van der Waals surface area contributed by atoms with Crippen molar-refractivity contribution in [3.05, 3.63) is 0 Å². The third-order valence-corrected chi connectivity index (χ3v) is 5.51. The molecule has 118 valence electrons. The zero-order valence-corrected chi connectivity index (χ0v) is 12.9. The molecule has 1 N–H and O–H groups in total. The Hall–Kier alpha value is -1.26. The van der Waals surface area contributed by atoms with Crippen molar-refractivity contribution in [3.63, 3.8) is 0 Å². The normalized spacial score (nSPS) is 24.7. The minimum absolute atomic E-state index is 0.152. The maximum absolute atomic E-state index is 12.7. The first-order valence-electron chi connectivity index (χ1n) is 8.34. The molecule has 2 amide bonds. The maximum atomic E-state index is 12.7. The highest BCUT2D eigenvalue weighted by atomic mass is 16.4. The molecular weight excluding hydrogens is 268 g/mol. The van der Waals surface area contributed by atoms with Crippen LogP contribution in [0.3, 0.4) is 0 Å². The van der Waals surface area contributed by atoms with Gasteiger partial charge in [-0.05, 0) is 50.9 Å². The number of piperidine rings is 1. The first-order valence-corrected chi connectivity index (χ1v) is 8.34. The summed E-state index contributed by atoms with van der Waals surface area (Å²) in [6, 6.07) is 0.606. The molecule has 1 aliphatic heterocycles. The summed E-state index contributed by atoms with van der Waals surface area (Å²) in [6.45, 7) is 4.03. The molecule has 0 aromatic carbocycles. The van der Waals surface area contributed by atoms with Gasteiger partial charge in [-0.25, -0.2) is 4.79 Å². The minimum atomic E-state index is -0.700. The molecule has 3 aliphatic rings. The van der Waals surface area contributed by atoms with E-state index in [4.69, 9.17) is 0 Å². The molecule has 0 bridgehead atoms. The summed E-state index contributed by atoms with van der Waals surface area (Å²) in [5.41, 5.74) is -0.613. The average Bonchev–Trinajstić information content (AvgIpc) is 3.37. The number of amides is 2. The van der Waals surface area contributed by atoms with Gasteiger partial charge in [0.15, 0.2) is 0 Å². The molecule has 21 heavy (non-hydrogen) atoms. The molecule has 0 unspecified atom stereocenters. The van der Waals surface area contributed by atoms with E-state index in [0.29, 0.717) is 44.3 Å². The summed E-state index contributed by atoms with van der Waals surface area (Å²) in [7, 11) is 0. The topological polar surface area (TPSA) is 60.9 Å². The van der Waals surface area contributed by atoms with Gasteiger partial charge in [0, 0.05) is 25.7 Å². The first-order chi connectivity index (χ1) is 10.1. The zero-order chi connectivity index (χ0) is 15.0. The summed E-state index contributed by atoms with van der Waals surface area (Å²) in [6.07, 6.45) is 6.63. The number of rotatable bonds is 5. The van der Waals surface area contributed by atoms with Crippen LogP contribution >= 0.6 is 0 Å². The van der Waals surface area contributed by atoms with Crippen molar-refractivity contribution in [2.45, 2.75) is 57.9 Å². The third kappa shape index (κ3) is 3.01. The Labute approximate surface area is 126 Å². The highest BCUT2D eigenvalue weighted by Gasteiger charge is 2.43. The smallest absolute Gasteiger partial charge is 0.320 e. The van der Waals surface area contributed by atoms with Crippen LogP contribution in [0.2, 0.25) is 0 Å². The number of hydrogen-bond donors (Lipinski definition) is 1. The summed E-state index contributed by atoms with van der Waals surface area (Å²) in [5, 5.41) is 9.43.